The lowest BCUT2D eigenvalue weighted by Gasteiger charge is -2.13. The molecular weight excluding hydrogens is 236 g/mol. The van der Waals surface area contributed by atoms with Crippen molar-refractivity contribution in [2.24, 2.45) is 0 Å². The molecule has 4 nitrogen and oxygen atoms in total. The number of pyridine rings is 1. The van der Waals surface area contributed by atoms with Crippen LogP contribution >= 0.6 is 11.8 Å². The Morgan fingerprint density at radius 1 is 1.59 bits per heavy atom. The molecule has 0 saturated heterocycles. The Hall–Kier alpha value is -1.23. The van der Waals surface area contributed by atoms with Gasteiger partial charge in [0.2, 0.25) is 0 Å². The summed E-state index contributed by atoms with van der Waals surface area (Å²) >= 11 is 1.48. The Balaban J connectivity index is 2.64. The number of anilines is 1. The minimum Gasteiger partial charge on any atom is -0.468 e. The summed E-state index contributed by atoms with van der Waals surface area (Å²) in [6, 6.07) is 3.60. The van der Waals surface area contributed by atoms with Gasteiger partial charge < -0.3 is 10.5 Å². The lowest BCUT2D eigenvalue weighted by molar-refractivity contribution is -0.140. The quantitative estimate of drug-likeness (QED) is 0.624. The normalized spacial score (nSPS) is 12.1. The molecule has 1 atom stereocenters. The second-order valence-corrected chi connectivity index (χ2v) is 4.97. The van der Waals surface area contributed by atoms with E-state index in [-0.39, 0.29) is 11.2 Å². The average molecular weight is 254 g/mol. The number of hydrogen-bond donors (Lipinski definition) is 1. The van der Waals surface area contributed by atoms with E-state index in [0.717, 1.165) is 24.2 Å². The summed E-state index contributed by atoms with van der Waals surface area (Å²) < 4.78 is 4.80. The number of hydrogen-bond acceptors (Lipinski definition) is 5. The first-order valence-electron chi connectivity index (χ1n) is 5.63. The monoisotopic (exact) mass is 254 g/mol. The van der Waals surface area contributed by atoms with Crippen LogP contribution in [0, 0.1) is 0 Å². The third-order valence-corrected chi connectivity index (χ3v) is 3.55. The van der Waals surface area contributed by atoms with E-state index >= 15 is 0 Å². The Kier molecular flexibility index (Phi) is 5.83. The molecule has 0 bridgehead atoms. The minimum atomic E-state index is -0.180. The van der Waals surface area contributed by atoms with Crippen LogP contribution in [0.5, 0.6) is 0 Å². The topological polar surface area (TPSA) is 65.2 Å². The van der Waals surface area contributed by atoms with Gasteiger partial charge >= 0.3 is 5.97 Å². The predicted octanol–water partition coefficient (Wildman–Crippen LogP) is 2.49. The van der Waals surface area contributed by atoms with Gasteiger partial charge in [-0.2, -0.15) is 0 Å². The molecular formula is C12H18N2O2S. The maximum atomic E-state index is 11.6. The van der Waals surface area contributed by atoms with E-state index in [1.165, 1.54) is 18.9 Å². The van der Waals surface area contributed by atoms with Crippen LogP contribution in [-0.4, -0.2) is 23.3 Å². The minimum absolute atomic E-state index is 0.162. The van der Waals surface area contributed by atoms with Gasteiger partial charge in [-0.05, 0) is 18.6 Å². The molecule has 0 saturated carbocycles. The number of thioether (sulfide) groups is 1. The number of methoxy groups -OCH3 is 1. The van der Waals surface area contributed by atoms with Crippen LogP contribution < -0.4 is 5.73 Å². The number of rotatable bonds is 6. The number of unbranched alkanes of at least 4 members (excludes halogenated alkanes) is 1. The summed E-state index contributed by atoms with van der Waals surface area (Å²) in [5, 5.41) is -0.162. The molecule has 17 heavy (non-hydrogen) atoms. The highest BCUT2D eigenvalue weighted by Crippen LogP contribution is 2.27. The highest BCUT2D eigenvalue weighted by Gasteiger charge is 2.19. The van der Waals surface area contributed by atoms with Crippen molar-refractivity contribution in [2.45, 2.75) is 36.3 Å². The summed E-state index contributed by atoms with van der Waals surface area (Å²) in [6.45, 7) is 2.10. The summed E-state index contributed by atoms with van der Waals surface area (Å²) in [5.41, 5.74) is 5.51. The summed E-state index contributed by atoms with van der Waals surface area (Å²) in [7, 11) is 1.42. The van der Waals surface area contributed by atoms with Gasteiger partial charge in [0.15, 0.2) is 0 Å². The first-order chi connectivity index (χ1) is 8.17. The fraction of sp³-hybridized carbons (Fsp3) is 0.500. The van der Waals surface area contributed by atoms with Crippen LogP contribution in [-0.2, 0) is 9.53 Å². The summed E-state index contributed by atoms with van der Waals surface area (Å²) in [4.78, 5) is 16.5. The second kappa shape index (κ2) is 7.17. The largest absolute Gasteiger partial charge is 0.468 e. The van der Waals surface area contributed by atoms with Crippen LogP contribution in [0.4, 0.5) is 5.82 Å². The van der Waals surface area contributed by atoms with Gasteiger partial charge in [-0.25, -0.2) is 4.98 Å². The van der Waals surface area contributed by atoms with E-state index < -0.39 is 0 Å². The van der Waals surface area contributed by atoms with Crippen molar-refractivity contribution in [1.82, 2.24) is 4.98 Å². The standard InChI is InChI=1S/C12H18N2O2S/c1-3-4-5-10(12(15)16-2)17-9-6-7-11(13)14-8-9/h6-8,10H,3-5H2,1-2H3,(H2,13,14). The lowest BCUT2D eigenvalue weighted by atomic mass is 10.2. The zero-order valence-electron chi connectivity index (χ0n) is 10.2. The van der Waals surface area contributed by atoms with Gasteiger partial charge in [-0.3, -0.25) is 4.79 Å². The molecule has 0 aliphatic carbocycles. The fourth-order valence-electron chi connectivity index (χ4n) is 1.37. The molecule has 2 N–H and O–H groups in total. The lowest BCUT2D eigenvalue weighted by Crippen LogP contribution is -2.18. The van der Waals surface area contributed by atoms with Crippen molar-refractivity contribution in [3.63, 3.8) is 0 Å². The molecule has 0 spiro atoms. The SMILES string of the molecule is CCCCC(Sc1ccc(N)nc1)C(=O)OC. The molecule has 1 aromatic heterocycles. The van der Waals surface area contributed by atoms with Gasteiger partial charge in [0.25, 0.3) is 0 Å². The van der Waals surface area contributed by atoms with Crippen LogP contribution in [0.25, 0.3) is 0 Å². The molecule has 1 aromatic rings. The molecule has 94 valence electrons. The van der Waals surface area contributed by atoms with E-state index in [9.17, 15) is 4.79 Å². The number of nitrogens with two attached hydrogens (primary N) is 1. The van der Waals surface area contributed by atoms with Crippen molar-refractivity contribution in [2.75, 3.05) is 12.8 Å². The third-order valence-electron chi connectivity index (χ3n) is 2.32. The first-order valence-corrected chi connectivity index (χ1v) is 6.51. The molecule has 0 amide bonds. The van der Waals surface area contributed by atoms with Gasteiger partial charge in [0, 0.05) is 11.1 Å². The zero-order valence-corrected chi connectivity index (χ0v) is 11.0. The highest BCUT2D eigenvalue weighted by molar-refractivity contribution is 8.00. The van der Waals surface area contributed by atoms with Crippen molar-refractivity contribution in [3.8, 4) is 0 Å². The number of nitrogen functional groups attached to an aromatic ring is 1. The van der Waals surface area contributed by atoms with Gasteiger partial charge in [0.05, 0.1) is 7.11 Å². The van der Waals surface area contributed by atoms with Crippen molar-refractivity contribution >= 4 is 23.5 Å². The summed E-state index contributed by atoms with van der Waals surface area (Å²) in [5.74, 6) is 0.304. The van der Waals surface area contributed by atoms with E-state index in [1.807, 2.05) is 6.07 Å². The Morgan fingerprint density at radius 3 is 2.88 bits per heavy atom. The smallest absolute Gasteiger partial charge is 0.319 e. The number of carbonyl (C=O) groups is 1. The van der Waals surface area contributed by atoms with E-state index in [2.05, 4.69) is 11.9 Å². The Bertz CT molecular complexity index is 354. The van der Waals surface area contributed by atoms with Crippen LogP contribution in [0.3, 0.4) is 0 Å². The molecule has 1 heterocycles. The maximum Gasteiger partial charge on any atom is 0.319 e. The van der Waals surface area contributed by atoms with E-state index in [4.69, 9.17) is 10.5 Å². The average Bonchev–Trinajstić information content (AvgIpc) is 2.36. The van der Waals surface area contributed by atoms with Crippen LogP contribution in [0.2, 0.25) is 0 Å². The number of ether oxygens (including phenoxy) is 1. The van der Waals surface area contributed by atoms with Crippen molar-refractivity contribution < 1.29 is 9.53 Å². The predicted molar refractivity (Wildman–Crippen MR) is 69.8 cm³/mol. The zero-order chi connectivity index (χ0) is 12.7. The molecule has 0 fully saturated rings. The molecule has 0 radical (unpaired) electrons. The Labute approximate surface area is 106 Å². The molecule has 1 unspecified atom stereocenters. The van der Waals surface area contributed by atoms with E-state index in [0.29, 0.717) is 5.82 Å². The summed E-state index contributed by atoms with van der Waals surface area (Å²) in [6.07, 6.45) is 4.57. The van der Waals surface area contributed by atoms with E-state index in [1.54, 1.807) is 12.3 Å². The highest BCUT2D eigenvalue weighted by atomic mass is 32.2. The van der Waals surface area contributed by atoms with Gasteiger partial charge in [-0.1, -0.05) is 19.8 Å². The van der Waals surface area contributed by atoms with Crippen LogP contribution in [0.15, 0.2) is 23.2 Å². The number of esters is 1. The third kappa shape index (κ3) is 4.65. The fourth-order valence-corrected chi connectivity index (χ4v) is 2.44. The number of aromatic nitrogens is 1. The second-order valence-electron chi connectivity index (χ2n) is 3.69. The molecule has 5 heteroatoms. The number of carbonyl (C=O) groups excluding carboxylic acids is 1. The molecule has 0 aliphatic rings. The van der Waals surface area contributed by atoms with Crippen LogP contribution in [0.1, 0.15) is 26.2 Å². The first kappa shape index (κ1) is 13.8. The van der Waals surface area contributed by atoms with Gasteiger partial charge in [0.1, 0.15) is 11.1 Å². The molecule has 0 aromatic carbocycles. The van der Waals surface area contributed by atoms with Crippen molar-refractivity contribution in [3.05, 3.63) is 18.3 Å². The Morgan fingerprint density at radius 2 is 2.35 bits per heavy atom. The molecule has 1 rings (SSSR count). The van der Waals surface area contributed by atoms with Gasteiger partial charge in [-0.15, -0.1) is 11.8 Å². The molecule has 0 aliphatic heterocycles. The van der Waals surface area contributed by atoms with Crippen molar-refractivity contribution in [1.29, 1.82) is 0 Å². The maximum absolute atomic E-state index is 11.6. The number of nitrogens with zero attached hydrogens (tertiary/aromatic N) is 1.